The summed E-state index contributed by atoms with van der Waals surface area (Å²) >= 11 is 0. The van der Waals surface area contributed by atoms with E-state index in [1.54, 1.807) is 13.1 Å². The van der Waals surface area contributed by atoms with E-state index in [0.29, 0.717) is 16.8 Å². The number of hydrogen-bond donors (Lipinski definition) is 4. The van der Waals surface area contributed by atoms with Crippen molar-refractivity contribution >= 4 is 5.97 Å². The van der Waals surface area contributed by atoms with Gasteiger partial charge in [0, 0.05) is 12.5 Å². The van der Waals surface area contributed by atoms with E-state index in [1.165, 1.54) is 0 Å². The normalized spacial score (nSPS) is 11.2. The Bertz CT molecular complexity index is 462. The first-order chi connectivity index (χ1) is 9.74. The highest BCUT2D eigenvalue weighted by atomic mass is 16.4. The summed E-state index contributed by atoms with van der Waals surface area (Å²) in [6.45, 7) is 4.91. The van der Waals surface area contributed by atoms with Gasteiger partial charge >= 0.3 is 0 Å². The monoisotopic (exact) mass is 317 g/mol. The van der Waals surface area contributed by atoms with Crippen LogP contribution in [0.15, 0.2) is 6.20 Å². The summed E-state index contributed by atoms with van der Waals surface area (Å²) in [6.07, 6.45) is 0.535. The highest BCUT2D eigenvalue weighted by molar-refractivity contribution is 5.69. The van der Waals surface area contributed by atoms with Crippen LogP contribution in [0.3, 0.4) is 0 Å². The van der Waals surface area contributed by atoms with E-state index in [4.69, 9.17) is 15.3 Å². The molecule has 1 aromatic heterocycles. The first-order valence-corrected chi connectivity index (χ1v) is 6.57. The van der Waals surface area contributed by atoms with Crippen LogP contribution in [0.25, 0.3) is 0 Å². The predicted molar refractivity (Wildman–Crippen MR) is 78.4 cm³/mol. The summed E-state index contributed by atoms with van der Waals surface area (Å²) in [6, 6.07) is 0. The number of H-pyrrole nitrogens is 1. The molecule has 7 nitrogen and oxygen atoms in total. The number of aliphatic carboxylic acids is 1. The van der Waals surface area contributed by atoms with Crippen LogP contribution in [0.5, 0.6) is 5.75 Å². The maximum Gasteiger partial charge on any atom is 0.219 e. The smallest absolute Gasteiger partial charge is 0.219 e. The molecule has 7 heteroatoms. The minimum absolute atomic E-state index is 0. The molecule has 1 heterocycles. The van der Waals surface area contributed by atoms with Crippen LogP contribution < -0.4 is 10.1 Å². The van der Waals surface area contributed by atoms with E-state index in [-0.39, 0.29) is 38.7 Å². The number of aryl methyl sites for hydroxylation is 1. The molecule has 5 N–H and O–H groups in total. The second-order valence-electron chi connectivity index (χ2n) is 5.05. The minimum atomic E-state index is -1.39. The minimum Gasteiger partial charge on any atom is -0.547 e. The molecule has 1 unspecified atom stereocenters. The Kier molecular flexibility index (Phi) is 11.2. The van der Waals surface area contributed by atoms with Gasteiger partial charge in [0.05, 0.1) is 30.9 Å². The van der Waals surface area contributed by atoms with Crippen molar-refractivity contribution in [2.24, 2.45) is 5.92 Å². The number of hydrogen-bond acceptors (Lipinski definition) is 6. The zero-order chi connectivity index (χ0) is 16.6. The molecule has 0 saturated carbocycles. The second-order valence-corrected chi connectivity index (χ2v) is 5.05. The molecule has 0 aliphatic heterocycles. The van der Waals surface area contributed by atoms with Crippen molar-refractivity contribution in [1.82, 2.24) is 0 Å². The molecule has 0 aromatic carbocycles. The fourth-order valence-electron chi connectivity index (χ4n) is 1.59. The molecule has 0 aliphatic carbocycles. The van der Waals surface area contributed by atoms with E-state index in [2.05, 4.69) is 4.98 Å². The van der Waals surface area contributed by atoms with Crippen molar-refractivity contribution in [1.29, 1.82) is 0 Å². The molecule has 22 heavy (non-hydrogen) atoms. The van der Waals surface area contributed by atoms with Crippen LogP contribution in [0.1, 0.15) is 44.5 Å². The van der Waals surface area contributed by atoms with Gasteiger partial charge < -0.3 is 30.3 Å². The van der Waals surface area contributed by atoms with Crippen LogP contribution in [0.2, 0.25) is 0 Å². The van der Waals surface area contributed by atoms with Crippen LogP contribution in [0.4, 0.5) is 0 Å². The maximum absolute atomic E-state index is 9.87. The highest BCUT2D eigenvalue weighted by Gasteiger charge is 2.13. The number of aromatic amines is 1. The predicted octanol–water partition coefficient (Wildman–Crippen LogP) is -0.721. The fraction of sp³-hybridized carbons (Fsp3) is 0.600. The van der Waals surface area contributed by atoms with Crippen LogP contribution in [-0.2, 0) is 18.0 Å². The summed E-state index contributed by atoms with van der Waals surface area (Å²) in [7, 11) is 0. The lowest BCUT2D eigenvalue weighted by molar-refractivity contribution is -0.389. The van der Waals surface area contributed by atoms with Crippen molar-refractivity contribution in [2.45, 2.75) is 53.9 Å². The number of nitrogens with one attached hydrogen (secondary N) is 1. The van der Waals surface area contributed by atoms with Gasteiger partial charge in [-0.3, -0.25) is 0 Å². The molecular weight excluding hydrogens is 290 g/mol. The third kappa shape index (κ3) is 7.35. The first-order valence-electron chi connectivity index (χ1n) is 6.57. The Hall–Kier alpha value is -1.70. The summed E-state index contributed by atoms with van der Waals surface area (Å²) < 4.78 is 0. The number of pyridine rings is 1. The molecule has 1 atom stereocenters. The lowest BCUT2D eigenvalue weighted by atomic mass is 10.1. The summed E-state index contributed by atoms with van der Waals surface area (Å²) in [5.74, 6) is -1.18. The Balaban J connectivity index is 0. The van der Waals surface area contributed by atoms with Gasteiger partial charge in [0.2, 0.25) is 5.69 Å². The number of aromatic nitrogens is 1. The van der Waals surface area contributed by atoms with Gasteiger partial charge in [-0.15, -0.1) is 0 Å². The van der Waals surface area contributed by atoms with Gasteiger partial charge in [0.1, 0.15) is 0 Å². The largest absolute Gasteiger partial charge is 0.547 e. The van der Waals surface area contributed by atoms with Crippen molar-refractivity contribution in [2.75, 3.05) is 0 Å². The van der Waals surface area contributed by atoms with Crippen molar-refractivity contribution in [3.8, 4) is 5.75 Å². The number of carbonyl (C=O) groups excluding carboxylic acids is 1. The number of carboxylic acids is 1. The number of carboxylic acid groups (broad SMARTS) is 1. The number of rotatable bonds is 5. The first kappa shape index (κ1) is 22.6. The number of aliphatic hydroxyl groups is 3. The van der Waals surface area contributed by atoms with E-state index >= 15 is 0 Å². The summed E-state index contributed by atoms with van der Waals surface area (Å²) in [5.41, 5.74) is 1.48. The van der Waals surface area contributed by atoms with E-state index in [9.17, 15) is 15.0 Å². The number of aromatic hydroxyl groups is 1. The van der Waals surface area contributed by atoms with E-state index in [1.807, 2.05) is 13.8 Å². The van der Waals surface area contributed by atoms with Crippen LogP contribution >= 0.6 is 0 Å². The molecule has 0 fully saturated rings. The standard InChI is InChI=1S/C8H11NO3.C6H12O3.CH4/c1-5-8(12)7(4-11)6(3-10)2-9-5;1-4(2)3-5(7)6(8)9;/h2,10-12H,3-4H2,1H3;4-5,7H,3H2,1-2H3,(H,8,9);1H4. The molecule has 1 aromatic rings. The molecule has 0 aliphatic rings. The Morgan fingerprint density at radius 1 is 1.32 bits per heavy atom. The van der Waals surface area contributed by atoms with Crippen molar-refractivity contribution in [3.05, 3.63) is 23.0 Å². The van der Waals surface area contributed by atoms with Crippen molar-refractivity contribution < 1.29 is 35.3 Å². The summed E-state index contributed by atoms with van der Waals surface area (Å²) in [5, 5.41) is 45.6. The Labute approximate surface area is 130 Å². The van der Waals surface area contributed by atoms with Crippen molar-refractivity contribution in [3.63, 3.8) is 0 Å². The Morgan fingerprint density at radius 2 is 1.86 bits per heavy atom. The number of carbonyl (C=O) groups is 1. The zero-order valence-electron chi connectivity index (χ0n) is 12.5. The second kappa shape index (κ2) is 10.9. The van der Waals surface area contributed by atoms with Gasteiger partial charge in [-0.05, 0) is 12.3 Å². The Morgan fingerprint density at radius 3 is 2.18 bits per heavy atom. The SMILES string of the molecule is C.CC(C)CC(O)C(=O)[O-].Cc1[nH+]cc(CO)c(CO)c1O. The lowest BCUT2D eigenvalue weighted by Crippen LogP contribution is -2.36. The third-order valence-electron chi connectivity index (χ3n) is 2.79. The lowest BCUT2D eigenvalue weighted by Gasteiger charge is -2.12. The van der Waals surface area contributed by atoms with Gasteiger partial charge in [0.15, 0.2) is 11.9 Å². The average Bonchev–Trinajstić information content (AvgIpc) is 2.41. The molecule has 128 valence electrons. The van der Waals surface area contributed by atoms with E-state index < -0.39 is 12.1 Å². The molecule has 1 rings (SSSR count). The molecule has 0 spiro atoms. The zero-order valence-corrected chi connectivity index (χ0v) is 12.5. The topological polar surface area (TPSA) is 135 Å². The average molecular weight is 317 g/mol. The highest BCUT2D eigenvalue weighted by Crippen LogP contribution is 2.21. The van der Waals surface area contributed by atoms with Crippen LogP contribution in [0, 0.1) is 12.8 Å². The quantitative estimate of drug-likeness (QED) is 0.566. The number of aliphatic hydroxyl groups excluding tert-OH is 3. The molecule has 0 saturated heterocycles. The van der Waals surface area contributed by atoms with E-state index in [0.717, 1.165) is 0 Å². The molecular formula is C15H27NO6. The van der Waals surface area contributed by atoms with Gasteiger partial charge in [-0.25, -0.2) is 4.98 Å². The fourth-order valence-corrected chi connectivity index (χ4v) is 1.59. The van der Waals surface area contributed by atoms with Crippen LogP contribution in [-0.4, -0.2) is 32.5 Å². The summed E-state index contributed by atoms with van der Waals surface area (Å²) in [4.78, 5) is 12.6. The molecule has 0 bridgehead atoms. The van der Waals surface area contributed by atoms with Gasteiger partial charge in [-0.1, -0.05) is 21.3 Å². The van der Waals surface area contributed by atoms with Gasteiger partial charge in [-0.2, -0.15) is 0 Å². The maximum atomic E-state index is 9.87. The molecule has 0 amide bonds. The third-order valence-corrected chi connectivity index (χ3v) is 2.79. The van der Waals surface area contributed by atoms with Gasteiger partial charge in [0.25, 0.3) is 0 Å². The molecule has 0 radical (unpaired) electrons.